The summed E-state index contributed by atoms with van der Waals surface area (Å²) >= 11 is 13.5. The van der Waals surface area contributed by atoms with Gasteiger partial charge in [0.2, 0.25) is 6.23 Å². The number of unbranched alkanes of at least 4 members (excludes halogenated alkanes) is 1. The number of nitrogens with zero attached hydrogens (tertiary/aromatic N) is 2. The first-order chi connectivity index (χ1) is 17.0. The highest BCUT2D eigenvalue weighted by atomic mass is 79.9. The Kier molecular flexibility index (Phi) is 7.28. The molecular weight excluding hydrogens is 596 g/mol. The quantitative estimate of drug-likeness (QED) is 0.249. The zero-order valence-corrected chi connectivity index (χ0v) is 23.4. The molecule has 0 fully saturated rings. The molecule has 0 aliphatic carbocycles. The fraction of sp³-hybridized carbons (Fsp3) is 0.296. The molecule has 5 nitrogen and oxygen atoms in total. The van der Waals surface area contributed by atoms with E-state index in [-0.39, 0.29) is 6.04 Å². The third-order valence-corrected chi connectivity index (χ3v) is 7.51. The van der Waals surface area contributed by atoms with Gasteiger partial charge >= 0.3 is 0 Å². The summed E-state index contributed by atoms with van der Waals surface area (Å²) in [5.74, 6) is 2.24. The molecule has 0 aromatic heterocycles. The van der Waals surface area contributed by atoms with E-state index >= 15 is 0 Å². The van der Waals surface area contributed by atoms with Crippen LogP contribution in [0.15, 0.2) is 68.6 Å². The van der Waals surface area contributed by atoms with E-state index in [9.17, 15) is 0 Å². The molecule has 0 spiro atoms. The summed E-state index contributed by atoms with van der Waals surface area (Å²) < 4.78 is 20.1. The lowest BCUT2D eigenvalue weighted by Gasteiger charge is -2.38. The lowest BCUT2D eigenvalue weighted by molar-refractivity contribution is -0.0198. The number of fused-ring (bicyclic) bond motifs is 3. The summed E-state index contributed by atoms with van der Waals surface area (Å²) in [6, 6.07) is 17.9. The zero-order chi connectivity index (χ0) is 24.5. The summed E-state index contributed by atoms with van der Waals surface area (Å²) in [4.78, 5) is 0. The molecule has 3 aromatic rings. The number of halogens is 3. The molecule has 2 heterocycles. The van der Waals surface area contributed by atoms with Crippen molar-refractivity contribution in [2.45, 2.75) is 38.5 Å². The summed E-state index contributed by atoms with van der Waals surface area (Å²) in [6.07, 6.45) is 2.40. The molecule has 8 heteroatoms. The van der Waals surface area contributed by atoms with Gasteiger partial charge in [0.1, 0.15) is 5.75 Å². The van der Waals surface area contributed by atoms with E-state index in [4.69, 9.17) is 30.9 Å². The van der Waals surface area contributed by atoms with Crippen LogP contribution in [0.3, 0.4) is 0 Å². The Labute approximate surface area is 227 Å². The molecule has 2 atom stereocenters. The zero-order valence-electron chi connectivity index (χ0n) is 19.4. The monoisotopic (exact) mass is 618 g/mol. The molecule has 2 aliphatic heterocycles. The first-order valence-electron chi connectivity index (χ1n) is 11.6. The Morgan fingerprint density at radius 1 is 1.09 bits per heavy atom. The third-order valence-electron chi connectivity index (χ3n) is 6.21. The standard InChI is InChI=1S/C27H25Br2ClN2O3/c1-3-4-11-34-24-10-7-17(12-25(24)33-2)27-32-23(20-13-18(28)14-21(29)26(20)35-27)15-22(31-32)16-5-8-19(30)9-6-16/h5-10,12-14,23,27H,3-4,11,15H2,1-2H3/t23-,27+/m1/s1. The second kappa shape index (κ2) is 10.4. The summed E-state index contributed by atoms with van der Waals surface area (Å²) in [5, 5.41) is 7.80. The maximum absolute atomic E-state index is 6.59. The summed E-state index contributed by atoms with van der Waals surface area (Å²) in [7, 11) is 1.66. The van der Waals surface area contributed by atoms with E-state index in [2.05, 4.69) is 49.9 Å². The van der Waals surface area contributed by atoms with Crippen LogP contribution in [0, 0.1) is 0 Å². The molecule has 2 aliphatic rings. The molecular formula is C27H25Br2ClN2O3. The number of ether oxygens (including phenoxy) is 3. The third kappa shape index (κ3) is 4.91. The van der Waals surface area contributed by atoms with Gasteiger partial charge < -0.3 is 14.2 Å². The van der Waals surface area contributed by atoms with Gasteiger partial charge in [-0.2, -0.15) is 5.10 Å². The maximum Gasteiger partial charge on any atom is 0.214 e. The Balaban J connectivity index is 1.55. The average molecular weight is 621 g/mol. The molecule has 0 unspecified atom stereocenters. The second-order valence-corrected chi connectivity index (χ2v) is 10.7. The molecule has 0 saturated carbocycles. The number of rotatable bonds is 7. The van der Waals surface area contributed by atoms with Gasteiger partial charge in [0.15, 0.2) is 11.5 Å². The fourth-order valence-electron chi connectivity index (χ4n) is 4.43. The van der Waals surface area contributed by atoms with Crippen molar-refractivity contribution in [3.05, 3.63) is 85.3 Å². The minimum Gasteiger partial charge on any atom is -0.493 e. The average Bonchev–Trinajstić information content (AvgIpc) is 3.30. The van der Waals surface area contributed by atoms with Crippen LogP contribution in [-0.4, -0.2) is 24.4 Å². The van der Waals surface area contributed by atoms with E-state index in [0.29, 0.717) is 17.4 Å². The van der Waals surface area contributed by atoms with Crippen molar-refractivity contribution >= 4 is 49.2 Å². The summed E-state index contributed by atoms with van der Waals surface area (Å²) in [6.45, 7) is 2.80. The maximum atomic E-state index is 6.59. The van der Waals surface area contributed by atoms with Crippen molar-refractivity contribution in [1.29, 1.82) is 0 Å². The van der Waals surface area contributed by atoms with Crippen molar-refractivity contribution in [2.75, 3.05) is 13.7 Å². The van der Waals surface area contributed by atoms with E-state index in [1.807, 2.05) is 48.5 Å². The van der Waals surface area contributed by atoms with Crippen molar-refractivity contribution in [2.24, 2.45) is 5.10 Å². The minimum absolute atomic E-state index is 0.0229. The number of hydrogen-bond acceptors (Lipinski definition) is 5. The van der Waals surface area contributed by atoms with Gasteiger partial charge in [-0.15, -0.1) is 0 Å². The van der Waals surface area contributed by atoms with Gasteiger partial charge in [-0.3, -0.25) is 0 Å². The molecule has 0 bridgehead atoms. The predicted octanol–water partition coefficient (Wildman–Crippen LogP) is 8.29. The Hall–Kier alpha value is -2.22. The molecule has 182 valence electrons. The molecule has 35 heavy (non-hydrogen) atoms. The van der Waals surface area contributed by atoms with E-state index in [1.165, 1.54) is 0 Å². The van der Waals surface area contributed by atoms with Crippen LogP contribution in [0.1, 0.15) is 55.1 Å². The van der Waals surface area contributed by atoms with Crippen LogP contribution in [0.4, 0.5) is 0 Å². The molecule has 3 aromatic carbocycles. The molecule has 0 N–H and O–H groups in total. The van der Waals surface area contributed by atoms with E-state index in [1.54, 1.807) is 7.11 Å². The largest absolute Gasteiger partial charge is 0.493 e. The van der Waals surface area contributed by atoms with Crippen LogP contribution >= 0.6 is 43.5 Å². The fourth-order valence-corrected chi connectivity index (χ4v) is 5.91. The lowest BCUT2D eigenvalue weighted by atomic mass is 9.96. The van der Waals surface area contributed by atoms with Crippen LogP contribution in [0.25, 0.3) is 0 Å². The molecule has 5 rings (SSSR count). The number of hydrogen-bond donors (Lipinski definition) is 0. The number of hydrazone groups is 1. The number of benzene rings is 3. The van der Waals surface area contributed by atoms with Gasteiger partial charge in [-0.05, 0) is 70.4 Å². The van der Waals surface area contributed by atoms with E-state index < -0.39 is 6.23 Å². The second-order valence-electron chi connectivity index (χ2n) is 8.54. The molecule has 0 radical (unpaired) electrons. The normalized spacial score (nSPS) is 18.4. The topological polar surface area (TPSA) is 43.3 Å². The van der Waals surface area contributed by atoms with Crippen molar-refractivity contribution in [3.63, 3.8) is 0 Å². The molecule has 0 saturated heterocycles. The van der Waals surface area contributed by atoms with Gasteiger partial charge in [-0.1, -0.05) is 53.0 Å². The Morgan fingerprint density at radius 2 is 1.89 bits per heavy atom. The Bertz CT molecular complexity index is 1270. The number of methoxy groups -OCH3 is 1. The molecule has 0 amide bonds. The van der Waals surface area contributed by atoms with Crippen molar-refractivity contribution in [1.82, 2.24) is 5.01 Å². The van der Waals surface area contributed by atoms with Gasteiger partial charge in [-0.25, -0.2) is 5.01 Å². The van der Waals surface area contributed by atoms with Crippen molar-refractivity contribution < 1.29 is 14.2 Å². The van der Waals surface area contributed by atoms with Crippen LogP contribution in [0.5, 0.6) is 17.2 Å². The highest BCUT2D eigenvalue weighted by molar-refractivity contribution is 9.11. The Morgan fingerprint density at radius 3 is 2.63 bits per heavy atom. The smallest absolute Gasteiger partial charge is 0.214 e. The highest BCUT2D eigenvalue weighted by Crippen LogP contribution is 2.51. The van der Waals surface area contributed by atoms with Gasteiger partial charge in [0, 0.05) is 27.0 Å². The van der Waals surface area contributed by atoms with Crippen molar-refractivity contribution in [3.8, 4) is 17.2 Å². The minimum atomic E-state index is -0.423. The first-order valence-corrected chi connectivity index (χ1v) is 13.5. The first kappa shape index (κ1) is 24.5. The van der Waals surface area contributed by atoms with Crippen LogP contribution < -0.4 is 14.2 Å². The van der Waals surface area contributed by atoms with Crippen LogP contribution in [0.2, 0.25) is 5.02 Å². The highest BCUT2D eigenvalue weighted by Gasteiger charge is 2.42. The van der Waals surface area contributed by atoms with Gasteiger partial charge in [0.05, 0.1) is 29.9 Å². The lowest BCUT2D eigenvalue weighted by Crippen LogP contribution is -2.34. The summed E-state index contributed by atoms with van der Waals surface area (Å²) in [5.41, 5.74) is 4.07. The van der Waals surface area contributed by atoms with Gasteiger partial charge in [0.25, 0.3) is 0 Å². The SMILES string of the molecule is CCCCOc1ccc([C@@H]2Oc3c(Br)cc(Br)cc3[C@H]3CC(c4ccc(Cl)cc4)=NN32)cc1OC. The predicted molar refractivity (Wildman–Crippen MR) is 146 cm³/mol. The van der Waals surface area contributed by atoms with Crippen LogP contribution in [-0.2, 0) is 0 Å². The van der Waals surface area contributed by atoms with E-state index in [0.717, 1.165) is 62.1 Å².